The Bertz CT molecular complexity index is 1250. The average Bonchev–Trinajstić information content (AvgIpc) is 2.82. The summed E-state index contributed by atoms with van der Waals surface area (Å²) in [7, 11) is 0. The van der Waals surface area contributed by atoms with E-state index in [1.165, 1.54) is 0 Å². The van der Waals surface area contributed by atoms with Gasteiger partial charge in [-0.15, -0.1) is 0 Å². The minimum absolute atomic E-state index is 0.0517. The zero-order chi connectivity index (χ0) is 30.6. The van der Waals surface area contributed by atoms with E-state index in [-0.39, 0.29) is 27.2 Å². The van der Waals surface area contributed by atoms with Gasteiger partial charge >= 0.3 is 18.5 Å². The van der Waals surface area contributed by atoms with Crippen LogP contribution in [0.2, 0.25) is 15.1 Å². The van der Waals surface area contributed by atoms with Crippen LogP contribution >= 0.6 is 59.2 Å². The van der Waals surface area contributed by atoms with E-state index < -0.39 is 76.6 Å². The molecule has 0 aliphatic rings. The quantitative estimate of drug-likeness (QED) is 0.157. The summed E-state index contributed by atoms with van der Waals surface area (Å²) in [6.45, 7) is -1.85. The van der Waals surface area contributed by atoms with E-state index in [0.717, 1.165) is 23.6 Å². The van der Waals surface area contributed by atoms with Crippen molar-refractivity contribution in [1.82, 2.24) is 10.6 Å². The largest absolute Gasteiger partial charge is 0.417 e. The Kier molecular flexibility index (Phi) is 11.6. The number of allylic oxidation sites excluding steroid dienone is 1. The van der Waals surface area contributed by atoms with E-state index in [1.54, 1.807) is 0 Å². The van der Waals surface area contributed by atoms with E-state index in [4.69, 9.17) is 47.0 Å². The molecule has 0 aliphatic carbocycles. The number of halogens is 13. The van der Waals surface area contributed by atoms with Crippen molar-refractivity contribution in [2.24, 2.45) is 0 Å². The van der Waals surface area contributed by atoms with Crippen molar-refractivity contribution in [3.63, 3.8) is 0 Å². The van der Waals surface area contributed by atoms with Gasteiger partial charge in [-0.05, 0) is 29.8 Å². The number of benzene rings is 2. The molecule has 2 rings (SSSR count). The van der Waals surface area contributed by atoms with Crippen LogP contribution in [0.25, 0.3) is 5.83 Å². The second-order valence-corrected chi connectivity index (χ2v) is 9.93. The van der Waals surface area contributed by atoms with Crippen molar-refractivity contribution >= 4 is 75.4 Å². The van der Waals surface area contributed by atoms with Crippen LogP contribution < -0.4 is 10.6 Å². The maximum absolute atomic E-state index is 15.0. The summed E-state index contributed by atoms with van der Waals surface area (Å²) in [6, 6.07) is 2.20. The first kappa shape index (κ1) is 34.5. The molecule has 17 heteroatoms. The number of hydrogen-bond donors (Lipinski definition) is 2. The predicted molar refractivity (Wildman–Crippen MR) is 142 cm³/mol. The van der Waals surface area contributed by atoms with E-state index in [1.807, 2.05) is 5.32 Å². The van der Waals surface area contributed by atoms with Crippen LogP contribution in [0.4, 0.5) is 43.9 Å². The van der Waals surface area contributed by atoms with Crippen LogP contribution in [-0.4, -0.2) is 41.8 Å². The number of rotatable bonds is 9. The molecular formula is C23H15Cl3F10N2S2. The van der Waals surface area contributed by atoms with Gasteiger partial charge in [-0.2, -0.15) is 39.5 Å². The van der Waals surface area contributed by atoms with Crippen LogP contribution in [0.15, 0.2) is 36.4 Å². The fraction of sp³-hybridized carbons (Fsp3) is 0.304. The molecule has 0 saturated heterocycles. The van der Waals surface area contributed by atoms with Crippen molar-refractivity contribution in [1.29, 1.82) is 0 Å². The minimum Gasteiger partial charge on any atom is -0.367 e. The molecule has 0 amide bonds. The summed E-state index contributed by atoms with van der Waals surface area (Å²) in [5.41, 5.74) is -3.71. The fourth-order valence-electron chi connectivity index (χ4n) is 3.25. The van der Waals surface area contributed by atoms with Crippen LogP contribution in [0, 0.1) is 0 Å². The summed E-state index contributed by atoms with van der Waals surface area (Å²) in [4.78, 5) is -0.596. The smallest absolute Gasteiger partial charge is 0.367 e. The first-order valence-corrected chi connectivity index (χ1v) is 12.6. The third-order valence-electron chi connectivity index (χ3n) is 5.05. The van der Waals surface area contributed by atoms with E-state index >= 15 is 4.39 Å². The number of alkyl halides is 9. The Hall–Kier alpha value is -1.71. The third kappa shape index (κ3) is 9.69. The molecule has 0 fully saturated rings. The van der Waals surface area contributed by atoms with Crippen molar-refractivity contribution in [3.8, 4) is 0 Å². The molecule has 2 nitrogen and oxygen atoms in total. The highest BCUT2D eigenvalue weighted by Crippen LogP contribution is 2.42. The molecule has 2 atom stereocenters. The Labute approximate surface area is 246 Å². The fourth-order valence-corrected chi connectivity index (χ4v) is 4.36. The number of thiocarbonyl (C=S) groups is 2. The second-order valence-electron chi connectivity index (χ2n) is 8.05. The first-order valence-electron chi connectivity index (χ1n) is 10.6. The Morgan fingerprint density at radius 1 is 0.925 bits per heavy atom. The molecule has 2 unspecified atom stereocenters. The molecule has 220 valence electrons. The van der Waals surface area contributed by atoms with Gasteiger partial charge in [0.1, 0.15) is 16.7 Å². The minimum atomic E-state index is -5.15. The monoisotopic (exact) mass is 678 g/mol. The topological polar surface area (TPSA) is 24.1 Å². The predicted octanol–water partition coefficient (Wildman–Crippen LogP) is 9.11. The van der Waals surface area contributed by atoms with Gasteiger partial charge in [0.25, 0.3) is 0 Å². The maximum atomic E-state index is 15.0. The van der Waals surface area contributed by atoms with Gasteiger partial charge in [-0.3, -0.25) is 0 Å². The van der Waals surface area contributed by atoms with Gasteiger partial charge in [0.15, 0.2) is 0 Å². The van der Waals surface area contributed by atoms with Gasteiger partial charge in [0.2, 0.25) is 0 Å². The summed E-state index contributed by atoms with van der Waals surface area (Å²) < 4.78 is 135. The van der Waals surface area contributed by atoms with Crippen molar-refractivity contribution < 1.29 is 43.9 Å². The van der Waals surface area contributed by atoms with E-state index in [0.29, 0.717) is 6.07 Å². The lowest BCUT2D eigenvalue weighted by Gasteiger charge is -2.21. The highest BCUT2D eigenvalue weighted by atomic mass is 35.5. The van der Waals surface area contributed by atoms with Crippen LogP contribution in [0.1, 0.15) is 28.2 Å². The van der Waals surface area contributed by atoms with Crippen molar-refractivity contribution in [3.05, 3.63) is 73.7 Å². The third-order valence-corrected chi connectivity index (χ3v) is 6.91. The molecule has 0 aromatic heterocycles. The standard InChI is InChI=1S/C23H15Cl3F10N2S2/c24-16-4-11(5-17(25)19(16)26)14(22(31,32)33)6-18(27)10-1-2-13(15(3-10)23(34,35)36)20(40)38-12(8-39)7-37-9-21(28,29)30/h1-6,8,12,14,37H,7,9H2,(H,38,40)/b18-6-. The number of hydrogen-bond acceptors (Lipinski definition) is 3. The highest BCUT2D eigenvalue weighted by Gasteiger charge is 2.41. The molecule has 2 N–H and O–H groups in total. The zero-order valence-corrected chi connectivity index (χ0v) is 23.2. The zero-order valence-electron chi connectivity index (χ0n) is 19.3. The average molecular weight is 680 g/mol. The lowest BCUT2D eigenvalue weighted by atomic mass is 9.95. The van der Waals surface area contributed by atoms with Gasteiger partial charge in [-0.25, -0.2) is 4.39 Å². The summed E-state index contributed by atoms with van der Waals surface area (Å²) in [5, 5.41) is 4.35. The molecule has 0 saturated carbocycles. The molecule has 0 aliphatic heterocycles. The second kappa shape index (κ2) is 13.5. The summed E-state index contributed by atoms with van der Waals surface area (Å²) >= 11 is 26.9. The Balaban J connectivity index is 2.45. The summed E-state index contributed by atoms with van der Waals surface area (Å²) in [6.07, 6.45) is -14.8. The SMILES string of the molecule is F/C(=C\C(c1cc(Cl)c(Cl)c(Cl)c1)C(F)(F)F)c1ccc(C(=S)NC(C=S)CNCC(F)(F)F)c(C(F)(F)F)c1. The lowest BCUT2D eigenvalue weighted by Crippen LogP contribution is -2.44. The normalized spacial score (nSPS) is 14.6. The Morgan fingerprint density at radius 2 is 1.50 bits per heavy atom. The molecule has 2 aromatic rings. The molecule has 0 heterocycles. The number of nitrogens with one attached hydrogen (secondary N) is 2. The molecule has 2 aromatic carbocycles. The van der Waals surface area contributed by atoms with Crippen molar-refractivity contribution in [2.75, 3.05) is 13.1 Å². The van der Waals surface area contributed by atoms with Crippen LogP contribution in [-0.2, 0) is 6.18 Å². The molecule has 0 radical (unpaired) electrons. The highest BCUT2D eigenvalue weighted by molar-refractivity contribution is 7.80. The first-order chi connectivity index (χ1) is 18.2. The lowest BCUT2D eigenvalue weighted by molar-refractivity contribution is -0.140. The molecule has 0 spiro atoms. The van der Waals surface area contributed by atoms with Crippen LogP contribution in [0.3, 0.4) is 0 Å². The van der Waals surface area contributed by atoms with Gasteiger partial charge in [-0.1, -0.05) is 71.4 Å². The van der Waals surface area contributed by atoms with Crippen LogP contribution in [0.5, 0.6) is 0 Å². The van der Waals surface area contributed by atoms with E-state index in [2.05, 4.69) is 17.5 Å². The van der Waals surface area contributed by atoms with Gasteiger partial charge in [0.05, 0.1) is 33.2 Å². The maximum Gasteiger partial charge on any atom is 0.417 e. The van der Waals surface area contributed by atoms with Crippen molar-refractivity contribution in [2.45, 2.75) is 30.5 Å². The molecular weight excluding hydrogens is 665 g/mol. The van der Waals surface area contributed by atoms with Gasteiger partial charge in [0, 0.05) is 23.0 Å². The molecule has 0 bridgehead atoms. The Morgan fingerprint density at radius 3 is 1.98 bits per heavy atom. The summed E-state index contributed by atoms with van der Waals surface area (Å²) in [5.74, 6) is -4.32. The van der Waals surface area contributed by atoms with Gasteiger partial charge < -0.3 is 10.6 Å². The molecule has 40 heavy (non-hydrogen) atoms. The van der Waals surface area contributed by atoms with E-state index in [9.17, 15) is 39.5 Å².